The standard InChI is InChI=1S/C23H20ClN5O3S/c1-14-7-8-16(11-18(14)22-17-5-3-4-6-20(17)26-13-27-22)29-33(31,32)21-10-9-15(12-19(21)24)28-23(30)25-2/h3-13,29H,1-2H3,(H2,25,28,30). The number of halogens is 1. The van der Waals surface area contributed by atoms with E-state index >= 15 is 0 Å². The highest BCUT2D eigenvalue weighted by atomic mass is 35.5. The summed E-state index contributed by atoms with van der Waals surface area (Å²) in [6.45, 7) is 1.93. The topological polar surface area (TPSA) is 113 Å². The van der Waals surface area contributed by atoms with Crippen LogP contribution in [0.15, 0.2) is 71.9 Å². The fourth-order valence-electron chi connectivity index (χ4n) is 3.36. The lowest BCUT2D eigenvalue weighted by molar-refractivity contribution is 0.254. The van der Waals surface area contributed by atoms with E-state index in [1.807, 2.05) is 37.3 Å². The van der Waals surface area contributed by atoms with Gasteiger partial charge in [-0.05, 0) is 48.9 Å². The number of para-hydroxylation sites is 1. The van der Waals surface area contributed by atoms with Gasteiger partial charge < -0.3 is 10.6 Å². The van der Waals surface area contributed by atoms with Gasteiger partial charge in [-0.15, -0.1) is 0 Å². The van der Waals surface area contributed by atoms with E-state index in [1.165, 1.54) is 31.6 Å². The zero-order valence-electron chi connectivity index (χ0n) is 17.8. The molecule has 3 aromatic carbocycles. The number of aryl methyl sites for hydroxylation is 1. The fourth-order valence-corrected chi connectivity index (χ4v) is 4.96. The van der Waals surface area contributed by atoms with Crippen molar-refractivity contribution in [1.82, 2.24) is 15.3 Å². The maximum Gasteiger partial charge on any atom is 0.318 e. The van der Waals surface area contributed by atoms with Crippen LogP contribution >= 0.6 is 11.6 Å². The Morgan fingerprint density at radius 2 is 1.73 bits per heavy atom. The van der Waals surface area contributed by atoms with E-state index in [1.54, 1.807) is 12.1 Å². The van der Waals surface area contributed by atoms with Crippen LogP contribution in [0.2, 0.25) is 5.02 Å². The van der Waals surface area contributed by atoms with Gasteiger partial charge in [0.2, 0.25) is 0 Å². The zero-order chi connectivity index (χ0) is 23.6. The van der Waals surface area contributed by atoms with Gasteiger partial charge in [-0.3, -0.25) is 4.72 Å². The minimum Gasteiger partial charge on any atom is -0.341 e. The lowest BCUT2D eigenvalue weighted by Gasteiger charge is -2.14. The summed E-state index contributed by atoms with van der Waals surface area (Å²) in [5.41, 5.74) is 3.95. The highest BCUT2D eigenvalue weighted by Gasteiger charge is 2.20. The Morgan fingerprint density at radius 1 is 0.970 bits per heavy atom. The number of carbonyl (C=O) groups excluding carboxylic acids is 1. The van der Waals surface area contributed by atoms with Gasteiger partial charge in [-0.25, -0.2) is 23.2 Å². The fraction of sp³-hybridized carbons (Fsp3) is 0.0870. The molecule has 0 spiro atoms. The molecule has 4 aromatic rings. The van der Waals surface area contributed by atoms with Crippen LogP contribution in [0.3, 0.4) is 0 Å². The van der Waals surface area contributed by atoms with Crippen molar-refractivity contribution in [1.29, 1.82) is 0 Å². The van der Waals surface area contributed by atoms with Crippen LogP contribution in [0.5, 0.6) is 0 Å². The first-order valence-electron chi connectivity index (χ1n) is 9.90. The summed E-state index contributed by atoms with van der Waals surface area (Å²) in [5.74, 6) is 0. The van der Waals surface area contributed by atoms with Crippen LogP contribution in [0, 0.1) is 6.92 Å². The molecule has 10 heteroatoms. The van der Waals surface area contributed by atoms with Crippen molar-refractivity contribution in [3.8, 4) is 11.3 Å². The van der Waals surface area contributed by atoms with E-state index in [2.05, 4.69) is 25.3 Å². The number of aromatic nitrogens is 2. The first-order chi connectivity index (χ1) is 15.8. The minimum atomic E-state index is -3.99. The second-order valence-corrected chi connectivity index (χ2v) is 9.28. The average Bonchev–Trinajstić information content (AvgIpc) is 2.79. The Bertz CT molecular complexity index is 1470. The maximum absolute atomic E-state index is 13.0. The highest BCUT2D eigenvalue weighted by molar-refractivity contribution is 7.92. The summed E-state index contributed by atoms with van der Waals surface area (Å²) in [6, 6.07) is 16.6. The van der Waals surface area contributed by atoms with E-state index in [-0.39, 0.29) is 9.92 Å². The van der Waals surface area contributed by atoms with Crippen LogP contribution in [0.25, 0.3) is 22.2 Å². The van der Waals surface area contributed by atoms with Crippen molar-refractivity contribution < 1.29 is 13.2 Å². The van der Waals surface area contributed by atoms with Gasteiger partial charge in [0.1, 0.15) is 11.2 Å². The SMILES string of the molecule is CNC(=O)Nc1ccc(S(=O)(=O)Nc2ccc(C)c(-c3ncnc4ccccc34)c2)c(Cl)c1. The number of nitrogens with zero attached hydrogens (tertiary/aromatic N) is 2. The molecule has 4 rings (SSSR count). The molecule has 1 aromatic heterocycles. The van der Waals surface area contributed by atoms with Crippen molar-refractivity contribution in [2.75, 3.05) is 17.1 Å². The third kappa shape index (κ3) is 4.74. The summed E-state index contributed by atoms with van der Waals surface area (Å²) in [5, 5.41) is 5.80. The van der Waals surface area contributed by atoms with Crippen LogP contribution in [0.4, 0.5) is 16.2 Å². The van der Waals surface area contributed by atoms with E-state index in [9.17, 15) is 13.2 Å². The molecule has 0 saturated heterocycles. The number of nitrogens with one attached hydrogen (secondary N) is 3. The number of hydrogen-bond acceptors (Lipinski definition) is 5. The van der Waals surface area contributed by atoms with Crippen LogP contribution in [-0.2, 0) is 10.0 Å². The second kappa shape index (κ2) is 9.05. The molecule has 0 unspecified atom stereocenters. The molecule has 0 fully saturated rings. The van der Waals surface area contributed by atoms with Crippen LogP contribution in [-0.4, -0.2) is 31.5 Å². The van der Waals surface area contributed by atoms with Gasteiger partial charge in [0, 0.05) is 29.4 Å². The van der Waals surface area contributed by atoms with E-state index < -0.39 is 16.1 Å². The molecule has 3 N–H and O–H groups in total. The average molecular weight is 482 g/mol. The zero-order valence-corrected chi connectivity index (χ0v) is 19.3. The molecule has 2 amide bonds. The molecule has 0 atom stereocenters. The van der Waals surface area contributed by atoms with E-state index in [0.717, 1.165) is 22.0 Å². The molecular weight excluding hydrogens is 462 g/mol. The van der Waals surface area contributed by atoms with E-state index in [4.69, 9.17) is 11.6 Å². The van der Waals surface area contributed by atoms with Gasteiger partial charge in [-0.2, -0.15) is 0 Å². The molecule has 8 nitrogen and oxygen atoms in total. The number of amides is 2. The summed E-state index contributed by atoms with van der Waals surface area (Å²) < 4.78 is 28.6. The normalized spacial score (nSPS) is 11.2. The van der Waals surface area contributed by atoms with Crippen molar-refractivity contribution in [2.45, 2.75) is 11.8 Å². The van der Waals surface area contributed by atoms with Gasteiger partial charge in [-0.1, -0.05) is 35.9 Å². The smallest absolute Gasteiger partial charge is 0.318 e. The minimum absolute atomic E-state index is 0.0227. The molecule has 33 heavy (non-hydrogen) atoms. The van der Waals surface area contributed by atoms with Gasteiger partial charge in [0.05, 0.1) is 16.2 Å². The van der Waals surface area contributed by atoms with Crippen molar-refractivity contribution >= 4 is 49.9 Å². The predicted octanol–water partition coefficient (Wildman–Crippen LogP) is 4.81. The lowest BCUT2D eigenvalue weighted by atomic mass is 10.0. The number of hydrogen-bond donors (Lipinski definition) is 3. The predicted molar refractivity (Wildman–Crippen MR) is 130 cm³/mol. The molecule has 0 saturated carbocycles. The van der Waals surface area contributed by atoms with Crippen molar-refractivity contribution in [3.63, 3.8) is 0 Å². The molecule has 0 aliphatic rings. The van der Waals surface area contributed by atoms with Gasteiger partial charge in [0.25, 0.3) is 10.0 Å². The summed E-state index contributed by atoms with van der Waals surface area (Å²) in [6.07, 6.45) is 1.49. The summed E-state index contributed by atoms with van der Waals surface area (Å²) in [7, 11) is -2.52. The Hall–Kier alpha value is -3.69. The number of fused-ring (bicyclic) bond motifs is 1. The Balaban J connectivity index is 1.68. The van der Waals surface area contributed by atoms with Crippen molar-refractivity contribution in [2.24, 2.45) is 0 Å². The molecule has 0 aliphatic carbocycles. The lowest BCUT2D eigenvalue weighted by Crippen LogP contribution is -2.24. The molecule has 0 bridgehead atoms. The number of sulfonamides is 1. The molecule has 0 aliphatic heterocycles. The third-order valence-electron chi connectivity index (χ3n) is 4.99. The van der Waals surface area contributed by atoms with Crippen molar-refractivity contribution in [3.05, 3.63) is 77.6 Å². The number of benzene rings is 3. The van der Waals surface area contributed by atoms with E-state index in [0.29, 0.717) is 17.1 Å². The Kier molecular flexibility index (Phi) is 6.17. The molecule has 0 radical (unpaired) electrons. The summed E-state index contributed by atoms with van der Waals surface area (Å²) in [4.78, 5) is 20.1. The van der Waals surface area contributed by atoms with Crippen LogP contribution < -0.4 is 15.4 Å². The first-order valence-corrected chi connectivity index (χ1v) is 11.8. The quantitative estimate of drug-likeness (QED) is 0.378. The Labute approximate surface area is 196 Å². The number of rotatable bonds is 5. The maximum atomic E-state index is 13.0. The number of urea groups is 1. The number of anilines is 2. The first kappa shape index (κ1) is 22.5. The largest absolute Gasteiger partial charge is 0.341 e. The van der Waals surface area contributed by atoms with Gasteiger partial charge in [0.15, 0.2) is 0 Å². The molecular formula is C23H20ClN5O3S. The third-order valence-corrected chi connectivity index (χ3v) is 6.86. The molecule has 1 heterocycles. The van der Waals surface area contributed by atoms with Crippen LogP contribution in [0.1, 0.15) is 5.56 Å². The number of carbonyl (C=O) groups is 1. The second-order valence-electron chi connectivity index (χ2n) is 7.22. The highest BCUT2D eigenvalue weighted by Crippen LogP contribution is 2.32. The monoisotopic (exact) mass is 481 g/mol. The molecule has 168 valence electrons. The van der Waals surface area contributed by atoms with Gasteiger partial charge >= 0.3 is 6.03 Å². The Morgan fingerprint density at radius 3 is 2.48 bits per heavy atom. The summed E-state index contributed by atoms with van der Waals surface area (Å²) >= 11 is 6.22.